The van der Waals surface area contributed by atoms with Gasteiger partial charge in [0.05, 0.1) is 31.6 Å². The number of aliphatic hydroxyl groups excluding tert-OH is 1. The minimum absolute atomic E-state index is 0.0393. The smallest absolute Gasteiger partial charge is 0.152 e. The molecule has 6 nitrogen and oxygen atoms in total. The first kappa shape index (κ1) is 13.3. The predicted octanol–water partition coefficient (Wildman–Crippen LogP) is 1.69. The Hall–Kier alpha value is -1.18. The highest BCUT2D eigenvalue weighted by atomic mass is 79.9. The molecule has 0 aliphatic heterocycles. The Bertz CT molecular complexity index is 533. The van der Waals surface area contributed by atoms with Gasteiger partial charge in [0.1, 0.15) is 5.69 Å². The van der Waals surface area contributed by atoms with Crippen molar-refractivity contribution in [2.75, 3.05) is 11.9 Å². The number of halogens is 2. The maximum absolute atomic E-state index is 8.77. The van der Waals surface area contributed by atoms with Crippen LogP contribution >= 0.6 is 27.5 Å². The number of anilines is 1. The Morgan fingerprint density at radius 1 is 1.50 bits per heavy atom. The SMILES string of the molecule is OCCn1cc(CNc2cc(Br)cnc2Cl)nn1. The summed E-state index contributed by atoms with van der Waals surface area (Å²) in [6.07, 6.45) is 3.40. The van der Waals surface area contributed by atoms with E-state index in [2.05, 4.69) is 36.5 Å². The van der Waals surface area contributed by atoms with Crippen LogP contribution in [-0.2, 0) is 13.1 Å². The molecule has 0 bridgehead atoms. The van der Waals surface area contributed by atoms with Crippen LogP contribution in [0.15, 0.2) is 22.9 Å². The Morgan fingerprint density at radius 2 is 2.33 bits per heavy atom. The van der Waals surface area contributed by atoms with E-state index in [9.17, 15) is 0 Å². The second-order valence-corrected chi connectivity index (χ2v) is 4.82. The Kier molecular flexibility index (Phi) is 4.51. The molecule has 0 atom stereocenters. The van der Waals surface area contributed by atoms with E-state index < -0.39 is 0 Å². The fraction of sp³-hybridized carbons (Fsp3) is 0.300. The van der Waals surface area contributed by atoms with Crippen LogP contribution in [0.2, 0.25) is 5.15 Å². The molecule has 0 radical (unpaired) electrons. The lowest BCUT2D eigenvalue weighted by Crippen LogP contribution is -2.02. The monoisotopic (exact) mass is 331 g/mol. The molecule has 0 aliphatic carbocycles. The van der Waals surface area contributed by atoms with Crippen LogP contribution in [0.4, 0.5) is 5.69 Å². The summed E-state index contributed by atoms with van der Waals surface area (Å²) in [6.45, 7) is 0.965. The molecule has 2 heterocycles. The third-order valence-electron chi connectivity index (χ3n) is 2.18. The number of nitrogens with zero attached hydrogens (tertiary/aromatic N) is 4. The topological polar surface area (TPSA) is 75.9 Å². The van der Waals surface area contributed by atoms with Gasteiger partial charge in [0.2, 0.25) is 0 Å². The molecule has 0 saturated heterocycles. The zero-order valence-electron chi connectivity index (χ0n) is 9.35. The van der Waals surface area contributed by atoms with Crippen molar-refractivity contribution in [3.8, 4) is 0 Å². The lowest BCUT2D eigenvalue weighted by Gasteiger charge is -2.05. The van der Waals surface area contributed by atoms with Crippen molar-refractivity contribution in [3.05, 3.63) is 33.8 Å². The molecular weight excluding hydrogens is 322 g/mol. The van der Waals surface area contributed by atoms with Gasteiger partial charge in [-0.15, -0.1) is 5.10 Å². The molecule has 0 aromatic carbocycles. The number of rotatable bonds is 5. The van der Waals surface area contributed by atoms with Gasteiger partial charge in [-0.05, 0) is 22.0 Å². The minimum Gasteiger partial charge on any atom is -0.394 e. The van der Waals surface area contributed by atoms with Gasteiger partial charge in [0.15, 0.2) is 5.15 Å². The number of nitrogens with one attached hydrogen (secondary N) is 1. The third kappa shape index (κ3) is 3.41. The largest absolute Gasteiger partial charge is 0.394 e. The highest BCUT2D eigenvalue weighted by Crippen LogP contribution is 2.23. The summed E-state index contributed by atoms with van der Waals surface area (Å²) >= 11 is 9.27. The van der Waals surface area contributed by atoms with E-state index in [1.54, 1.807) is 17.1 Å². The summed E-state index contributed by atoms with van der Waals surface area (Å²) in [6, 6.07) is 1.84. The summed E-state index contributed by atoms with van der Waals surface area (Å²) in [4.78, 5) is 4.01. The molecule has 18 heavy (non-hydrogen) atoms. The molecule has 0 unspecified atom stereocenters. The molecule has 0 saturated carbocycles. The highest BCUT2D eigenvalue weighted by Gasteiger charge is 2.04. The summed E-state index contributed by atoms with van der Waals surface area (Å²) < 4.78 is 2.43. The van der Waals surface area contributed by atoms with Crippen LogP contribution in [0.1, 0.15) is 5.69 Å². The van der Waals surface area contributed by atoms with Gasteiger partial charge in [-0.3, -0.25) is 0 Å². The van der Waals surface area contributed by atoms with Gasteiger partial charge in [-0.25, -0.2) is 9.67 Å². The van der Waals surface area contributed by atoms with Crippen LogP contribution in [0, 0.1) is 0 Å². The number of hydrogen-bond acceptors (Lipinski definition) is 5. The van der Waals surface area contributed by atoms with E-state index in [1.807, 2.05) is 6.07 Å². The molecule has 2 aromatic rings. The van der Waals surface area contributed by atoms with Crippen molar-refractivity contribution in [2.24, 2.45) is 0 Å². The average molecular weight is 333 g/mol. The Morgan fingerprint density at radius 3 is 3.11 bits per heavy atom. The van der Waals surface area contributed by atoms with E-state index >= 15 is 0 Å². The van der Waals surface area contributed by atoms with Gasteiger partial charge in [-0.1, -0.05) is 16.8 Å². The van der Waals surface area contributed by atoms with E-state index in [0.717, 1.165) is 15.9 Å². The predicted molar refractivity (Wildman–Crippen MR) is 71.4 cm³/mol. The third-order valence-corrected chi connectivity index (χ3v) is 2.92. The van der Waals surface area contributed by atoms with E-state index in [4.69, 9.17) is 16.7 Å². The van der Waals surface area contributed by atoms with E-state index in [-0.39, 0.29) is 6.61 Å². The molecule has 8 heteroatoms. The van der Waals surface area contributed by atoms with Crippen molar-refractivity contribution in [1.82, 2.24) is 20.0 Å². The summed E-state index contributed by atoms with van der Waals surface area (Å²) in [7, 11) is 0. The average Bonchev–Trinajstić information content (AvgIpc) is 2.79. The lowest BCUT2D eigenvalue weighted by atomic mass is 10.4. The van der Waals surface area contributed by atoms with E-state index in [0.29, 0.717) is 18.2 Å². The van der Waals surface area contributed by atoms with Crippen LogP contribution in [0.25, 0.3) is 0 Å². The number of hydrogen-bond donors (Lipinski definition) is 2. The molecule has 0 aliphatic rings. The molecule has 2 rings (SSSR count). The zero-order valence-corrected chi connectivity index (χ0v) is 11.7. The van der Waals surface area contributed by atoms with Gasteiger partial charge in [0, 0.05) is 10.7 Å². The van der Waals surface area contributed by atoms with Gasteiger partial charge in [-0.2, -0.15) is 0 Å². The standard InChI is InChI=1S/C10H11BrClN5O/c11-7-3-9(10(12)14-4-7)13-5-8-6-17(1-2-18)16-15-8/h3-4,6,13,18H,1-2,5H2. The normalized spacial score (nSPS) is 10.6. The fourth-order valence-corrected chi connectivity index (χ4v) is 1.87. The van der Waals surface area contributed by atoms with Gasteiger partial charge < -0.3 is 10.4 Å². The van der Waals surface area contributed by atoms with E-state index in [1.165, 1.54) is 0 Å². The second-order valence-electron chi connectivity index (χ2n) is 3.54. The van der Waals surface area contributed by atoms with Crippen LogP contribution < -0.4 is 5.32 Å². The maximum Gasteiger partial charge on any atom is 0.152 e. The fourth-order valence-electron chi connectivity index (χ4n) is 1.36. The molecule has 2 aromatic heterocycles. The Labute approximate surface area is 117 Å². The molecule has 2 N–H and O–H groups in total. The van der Waals surface area contributed by atoms with Gasteiger partial charge in [0.25, 0.3) is 0 Å². The van der Waals surface area contributed by atoms with Crippen LogP contribution in [0.5, 0.6) is 0 Å². The zero-order chi connectivity index (χ0) is 13.0. The first-order chi connectivity index (χ1) is 8.69. The second kappa shape index (κ2) is 6.12. The molecule has 0 spiro atoms. The van der Waals surface area contributed by atoms with Crippen molar-refractivity contribution < 1.29 is 5.11 Å². The first-order valence-electron chi connectivity index (χ1n) is 5.24. The van der Waals surface area contributed by atoms with Crippen molar-refractivity contribution in [2.45, 2.75) is 13.1 Å². The summed E-state index contributed by atoms with van der Waals surface area (Å²) in [5.41, 5.74) is 1.49. The van der Waals surface area contributed by atoms with Crippen molar-refractivity contribution in [1.29, 1.82) is 0 Å². The quantitative estimate of drug-likeness (QED) is 0.815. The molecule has 0 fully saturated rings. The summed E-state index contributed by atoms with van der Waals surface area (Å²) in [5.74, 6) is 0. The molecule has 0 amide bonds. The van der Waals surface area contributed by atoms with Crippen molar-refractivity contribution in [3.63, 3.8) is 0 Å². The minimum atomic E-state index is 0.0393. The number of aliphatic hydroxyl groups is 1. The van der Waals surface area contributed by atoms with Gasteiger partial charge >= 0.3 is 0 Å². The summed E-state index contributed by atoms with van der Waals surface area (Å²) in [5, 5.41) is 20.1. The Balaban J connectivity index is 1.99. The lowest BCUT2D eigenvalue weighted by molar-refractivity contribution is 0.268. The molecular formula is C10H11BrClN5O. The van der Waals surface area contributed by atoms with Crippen molar-refractivity contribution >= 4 is 33.2 Å². The maximum atomic E-state index is 8.77. The highest BCUT2D eigenvalue weighted by molar-refractivity contribution is 9.10. The number of aromatic nitrogens is 4. The number of pyridine rings is 1. The first-order valence-corrected chi connectivity index (χ1v) is 6.41. The van der Waals surface area contributed by atoms with Crippen LogP contribution in [-0.4, -0.2) is 31.7 Å². The molecule has 96 valence electrons. The van der Waals surface area contributed by atoms with Crippen LogP contribution in [0.3, 0.4) is 0 Å².